The molecule has 0 saturated heterocycles. The summed E-state index contributed by atoms with van der Waals surface area (Å²) in [5, 5.41) is 0.728. The number of thioether (sulfide) groups is 1. The number of nitrogens with zero attached hydrogens (tertiary/aromatic N) is 1. The van der Waals surface area contributed by atoms with Crippen LogP contribution in [0.15, 0.2) is 12.1 Å². The summed E-state index contributed by atoms with van der Waals surface area (Å²) in [6.07, 6.45) is 0. The van der Waals surface area contributed by atoms with Crippen LogP contribution in [0.1, 0.15) is 5.56 Å². The molecule has 1 aromatic rings. The van der Waals surface area contributed by atoms with Crippen LogP contribution in [0.25, 0.3) is 0 Å². The lowest BCUT2D eigenvalue weighted by Gasteiger charge is -2.09. The highest BCUT2D eigenvalue weighted by atomic mass is 35.5. The van der Waals surface area contributed by atoms with Gasteiger partial charge < -0.3 is 10.5 Å². The maximum atomic E-state index is 11.0. The van der Waals surface area contributed by atoms with Gasteiger partial charge in [0.1, 0.15) is 16.3 Å². The molecule has 0 amide bonds. The first-order valence-corrected chi connectivity index (χ1v) is 6.67. The Hall–Kier alpha value is -0.490. The third kappa shape index (κ3) is 4.71. The van der Waals surface area contributed by atoms with Gasteiger partial charge in [0.2, 0.25) is 0 Å². The molecule has 0 radical (unpaired) electrons. The molecule has 17 heavy (non-hydrogen) atoms. The van der Waals surface area contributed by atoms with Crippen molar-refractivity contribution in [2.45, 2.75) is 11.8 Å². The fourth-order valence-corrected chi connectivity index (χ4v) is 2.52. The van der Waals surface area contributed by atoms with E-state index in [0.29, 0.717) is 21.8 Å². The van der Waals surface area contributed by atoms with Crippen molar-refractivity contribution in [1.29, 1.82) is 0 Å². The van der Waals surface area contributed by atoms with Crippen LogP contribution in [-0.4, -0.2) is 29.9 Å². The first-order chi connectivity index (χ1) is 8.04. The highest BCUT2D eigenvalue weighted by Gasteiger charge is 2.13. The van der Waals surface area contributed by atoms with Crippen molar-refractivity contribution in [3.63, 3.8) is 0 Å². The van der Waals surface area contributed by atoms with Gasteiger partial charge in [0.25, 0.3) is 0 Å². The van der Waals surface area contributed by atoms with Crippen molar-refractivity contribution in [3.05, 3.63) is 28.0 Å². The van der Waals surface area contributed by atoms with Crippen LogP contribution in [0.5, 0.6) is 0 Å². The van der Waals surface area contributed by atoms with Gasteiger partial charge in [0.15, 0.2) is 0 Å². The van der Waals surface area contributed by atoms with E-state index >= 15 is 0 Å². The maximum Gasteiger partial charge on any atom is 0.323 e. The summed E-state index contributed by atoms with van der Waals surface area (Å²) in [5.74, 6) is 0.664. The van der Waals surface area contributed by atoms with E-state index in [2.05, 4.69) is 9.72 Å². The molecule has 0 saturated carbocycles. The second kappa shape index (κ2) is 7.06. The first kappa shape index (κ1) is 14.6. The summed E-state index contributed by atoms with van der Waals surface area (Å²) in [5.41, 5.74) is 6.45. The second-order valence-corrected chi connectivity index (χ2v) is 5.00. The van der Waals surface area contributed by atoms with Gasteiger partial charge in [-0.3, -0.25) is 4.79 Å². The van der Waals surface area contributed by atoms with Crippen LogP contribution in [0.4, 0.5) is 0 Å². The number of carbonyl (C=O) groups is 1. The molecule has 2 N–H and O–H groups in total. The van der Waals surface area contributed by atoms with Gasteiger partial charge in [-0.25, -0.2) is 4.98 Å². The molecule has 1 atom stereocenters. The van der Waals surface area contributed by atoms with Gasteiger partial charge in [-0.1, -0.05) is 29.3 Å². The van der Waals surface area contributed by atoms with Gasteiger partial charge in [-0.15, -0.1) is 0 Å². The molecule has 0 aliphatic carbocycles. The van der Waals surface area contributed by atoms with E-state index in [0.717, 1.165) is 5.56 Å². The Morgan fingerprint density at radius 3 is 2.88 bits per heavy atom. The number of methoxy groups -OCH3 is 1. The van der Waals surface area contributed by atoms with Crippen molar-refractivity contribution in [1.82, 2.24) is 4.98 Å². The van der Waals surface area contributed by atoms with E-state index in [1.165, 1.54) is 18.9 Å². The topological polar surface area (TPSA) is 65.2 Å². The lowest BCUT2D eigenvalue weighted by atomic mass is 10.3. The quantitative estimate of drug-likeness (QED) is 0.666. The van der Waals surface area contributed by atoms with Crippen molar-refractivity contribution < 1.29 is 9.53 Å². The normalized spacial score (nSPS) is 12.2. The minimum Gasteiger partial charge on any atom is -0.468 e. The Bertz CT molecular complexity index is 404. The zero-order valence-electron chi connectivity index (χ0n) is 9.15. The largest absolute Gasteiger partial charge is 0.468 e. The van der Waals surface area contributed by atoms with Gasteiger partial charge >= 0.3 is 5.97 Å². The molecule has 0 aliphatic rings. The fourth-order valence-electron chi connectivity index (χ4n) is 1.06. The summed E-state index contributed by atoms with van der Waals surface area (Å²) in [7, 11) is 1.31. The van der Waals surface area contributed by atoms with E-state index in [1.54, 1.807) is 12.1 Å². The van der Waals surface area contributed by atoms with Gasteiger partial charge in [0.05, 0.1) is 7.11 Å². The minimum absolute atomic E-state index is 0.356. The molecule has 1 heterocycles. The summed E-state index contributed by atoms with van der Waals surface area (Å²) < 4.78 is 4.52. The van der Waals surface area contributed by atoms with E-state index < -0.39 is 12.0 Å². The Kier molecular flexibility index (Phi) is 6.05. The highest BCUT2D eigenvalue weighted by Crippen LogP contribution is 2.21. The monoisotopic (exact) mass is 294 g/mol. The SMILES string of the molecule is COC(=O)C(N)CSCc1ccc(Cl)nc1Cl. The van der Waals surface area contributed by atoms with Crippen LogP contribution in [0.3, 0.4) is 0 Å². The van der Waals surface area contributed by atoms with Gasteiger partial charge in [-0.05, 0) is 11.6 Å². The lowest BCUT2D eigenvalue weighted by Crippen LogP contribution is -2.33. The summed E-state index contributed by atoms with van der Waals surface area (Å²) >= 11 is 13.1. The first-order valence-electron chi connectivity index (χ1n) is 4.76. The standard InChI is InChI=1S/C10H12Cl2N2O2S/c1-16-10(15)7(13)5-17-4-6-2-3-8(11)14-9(6)12/h2-3,7H,4-5,13H2,1H3. The molecule has 4 nitrogen and oxygen atoms in total. The number of halogens is 2. The Labute approximate surface area is 114 Å². The average molecular weight is 295 g/mol. The van der Waals surface area contributed by atoms with Crippen LogP contribution in [0, 0.1) is 0 Å². The number of rotatable bonds is 5. The summed E-state index contributed by atoms with van der Waals surface area (Å²) in [6.45, 7) is 0. The van der Waals surface area contributed by atoms with E-state index in [1.807, 2.05) is 0 Å². The zero-order valence-corrected chi connectivity index (χ0v) is 11.5. The van der Waals surface area contributed by atoms with Crippen LogP contribution in [-0.2, 0) is 15.3 Å². The van der Waals surface area contributed by atoms with E-state index in [9.17, 15) is 4.79 Å². The molecule has 0 bridgehead atoms. The predicted molar refractivity (Wildman–Crippen MR) is 70.4 cm³/mol. The van der Waals surface area contributed by atoms with Crippen molar-refractivity contribution >= 4 is 40.9 Å². The minimum atomic E-state index is -0.621. The van der Waals surface area contributed by atoms with Gasteiger partial charge in [0, 0.05) is 11.5 Å². The molecular formula is C10H12Cl2N2O2S. The molecule has 1 unspecified atom stereocenters. The van der Waals surface area contributed by atoms with Crippen LogP contribution in [0.2, 0.25) is 10.3 Å². The molecule has 0 spiro atoms. The van der Waals surface area contributed by atoms with Crippen LogP contribution >= 0.6 is 35.0 Å². The van der Waals surface area contributed by atoms with E-state index in [-0.39, 0.29) is 0 Å². The number of esters is 1. The number of hydrogen-bond donors (Lipinski definition) is 1. The molecule has 0 aliphatic heterocycles. The average Bonchev–Trinajstić information content (AvgIpc) is 2.30. The number of pyridine rings is 1. The Morgan fingerprint density at radius 1 is 1.59 bits per heavy atom. The third-order valence-corrected chi connectivity index (χ3v) is 3.60. The molecule has 0 aromatic carbocycles. The van der Waals surface area contributed by atoms with Crippen LogP contribution < -0.4 is 5.73 Å². The maximum absolute atomic E-state index is 11.0. The molecule has 0 fully saturated rings. The number of ether oxygens (including phenoxy) is 1. The van der Waals surface area contributed by atoms with Gasteiger partial charge in [-0.2, -0.15) is 11.8 Å². The molecule has 94 valence electrons. The predicted octanol–water partition coefficient (Wildman–Crippen LogP) is 2.12. The third-order valence-electron chi connectivity index (χ3n) is 1.95. The zero-order chi connectivity index (χ0) is 12.8. The molecular weight excluding hydrogens is 283 g/mol. The Morgan fingerprint density at radius 2 is 2.29 bits per heavy atom. The molecule has 1 aromatic heterocycles. The van der Waals surface area contributed by atoms with Crippen molar-refractivity contribution in [2.75, 3.05) is 12.9 Å². The van der Waals surface area contributed by atoms with E-state index in [4.69, 9.17) is 28.9 Å². The highest BCUT2D eigenvalue weighted by molar-refractivity contribution is 7.98. The molecule has 1 rings (SSSR count). The fraction of sp³-hybridized carbons (Fsp3) is 0.400. The molecule has 7 heteroatoms. The lowest BCUT2D eigenvalue weighted by molar-refractivity contribution is -0.141. The Balaban J connectivity index is 2.43. The number of carbonyl (C=O) groups excluding carboxylic acids is 1. The number of aromatic nitrogens is 1. The number of hydrogen-bond acceptors (Lipinski definition) is 5. The summed E-state index contributed by atoms with van der Waals surface area (Å²) in [6, 6.07) is 2.85. The second-order valence-electron chi connectivity index (χ2n) is 3.23. The summed E-state index contributed by atoms with van der Waals surface area (Å²) in [4.78, 5) is 15.0. The smallest absolute Gasteiger partial charge is 0.323 e. The van der Waals surface area contributed by atoms with Crippen molar-refractivity contribution in [2.24, 2.45) is 5.73 Å². The number of nitrogens with two attached hydrogens (primary N) is 1. The van der Waals surface area contributed by atoms with Crippen molar-refractivity contribution in [3.8, 4) is 0 Å².